The molecule has 0 bridgehead atoms. The fourth-order valence-electron chi connectivity index (χ4n) is 3.75. The van der Waals surface area contributed by atoms with E-state index in [1.807, 2.05) is 0 Å². The number of rotatable bonds is 5. The van der Waals surface area contributed by atoms with E-state index in [0.29, 0.717) is 9.90 Å². The lowest BCUT2D eigenvalue weighted by Gasteiger charge is -2.34. The number of para-hydroxylation sites is 1. The summed E-state index contributed by atoms with van der Waals surface area (Å²) in [5, 5.41) is 19.8. The van der Waals surface area contributed by atoms with Crippen LogP contribution >= 0.6 is 23.1 Å². The highest BCUT2D eigenvalue weighted by molar-refractivity contribution is 8.00. The molecule has 1 aromatic heterocycles. The van der Waals surface area contributed by atoms with Gasteiger partial charge < -0.3 is 19.9 Å². The largest absolute Gasteiger partial charge is 0.504 e. The Kier molecular flexibility index (Phi) is 5.59. The molecule has 0 unspecified atom stereocenters. The van der Waals surface area contributed by atoms with Crippen molar-refractivity contribution in [2.45, 2.75) is 16.2 Å². The standard InChI is InChI=1S/C21H16FNO6S2/c1-29-12-4-2-3-11(16(12)25)13-14(15(24)9-5-7-10(22)8-6-9)18(20(26)27)30-19-17(13)31-21(28)23-19/h2-8,13-14,18,25H,1H3,(H,23,28)(H,26,27)/t13-,14+,18-/m1/s1. The van der Waals surface area contributed by atoms with E-state index in [2.05, 4.69) is 4.98 Å². The van der Waals surface area contributed by atoms with Crippen molar-refractivity contribution in [1.82, 2.24) is 4.98 Å². The van der Waals surface area contributed by atoms with Crippen LogP contribution in [0.5, 0.6) is 11.5 Å². The van der Waals surface area contributed by atoms with Gasteiger partial charge in [-0.25, -0.2) is 4.39 Å². The van der Waals surface area contributed by atoms with Crippen LogP contribution in [-0.4, -0.2) is 39.3 Å². The fourth-order valence-corrected chi connectivity index (χ4v) is 6.15. The molecular weight excluding hydrogens is 445 g/mol. The topological polar surface area (TPSA) is 117 Å². The summed E-state index contributed by atoms with van der Waals surface area (Å²) in [4.78, 5) is 40.4. The van der Waals surface area contributed by atoms with Gasteiger partial charge in [-0.2, -0.15) is 0 Å². The molecule has 2 heterocycles. The number of fused-ring (bicyclic) bond motifs is 1. The Balaban J connectivity index is 1.95. The summed E-state index contributed by atoms with van der Waals surface area (Å²) in [6.45, 7) is 0. The molecule has 3 atom stereocenters. The maximum atomic E-state index is 13.5. The second-order valence-electron chi connectivity index (χ2n) is 6.86. The van der Waals surface area contributed by atoms with Gasteiger partial charge >= 0.3 is 10.8 Å². The minimum atomic E-state index is -1.24. The van der Waals surface area contributed by atoms with Crippen molar-refractivity contribution in [2.75, 3.05) is 7.11 Å². The highest BCUT2D eigenvalue weighted by atomic mass is 32.2. The molecular formula is C21H16FNO6S2. The van der Waals surface area contributed by atoms with Gasteiger partial charge in [0, 0.05) is 21.9 Å². The van der Waals surface area contributed by atoms with E-state index in [4.69, 9.17) is 4.74 Å². The number of carboxylic acids is 1. The van der Waals surface area contributed by atoms with Crippen LogP contribution in [0, 0.1) is 11.7 Å². The second kappa shape index (κ2) is 8.20. The number of ketones is 1. The number of hydrogen-bond donors (Lipinski definition) is 3. The zero-order valence-electron chi connectivity index (χ0n) is 16.0. The normalized spacial score (nSPS) is 20.1. The van der Waals surface area contributed by atoms with Crippen LogP contribution in [0.3, 0.4) is 0 Å². The molecule has 10 heteroatoms. The quantitative estimate of drug-likeness (QED) is 0.498. The number of aromatic amines is 1. The van der Waals surface area contributed by atoms with Crippen LogP contribution in [0.15, 0.2) is 52.3 Å². The van der Waals surface area contributed by atoms with Gasteiger partial charge in [0.15, 0.2) is 17.3 Å². The van der Waals surface area contributed by atoms with E-state index in [-0.39, 0.29) is 22.6 Å². The van der Waals surface area contributed by atoms with E-state index >= 15 is 0 Å². The number of phenols is 1. The number of thiazole rings is 1. The van der Waals surface area contributed by atoms with Crippen molar-refractivity contribution in [3.05, 3.63) is 74.0 Å². The van der Waals surface area contributed by atoms with Gasteiger partial charge in [0.2, 0.25) is 0 Å². The van der Waals surface area contributed by atoms with Gasteiger partial charge in [0.1, 0.15) is 11.1 Å². The lowest BCUT2D eigenvalue weighted by atomic mass is 9.77. The van der Waals surface area contributed by atoms with Crippen molar-refractivity contribution in [3.8, 4) is 11.5 Å². The lowest BCUT2D eigenvalue weighted by Crippen LogP contribution is -2.39. The molecule has 0 spiro atoms. The molecule has 0 saturated heterocycles. The summed E-state index contributed by atoms with van der Waals surface area (Å²) >= 11 is 1.74. The monoisotopic (exact) mass is 461 g/mol. The number of thioether (sulfide) groups is 1. The SMILES string of the molecule is COc1cccc([C@H]2c3sc(=O)[nH]c3S[C@@H](C(=O)O)[C@@H]2C(=O)c2ccc(F)cc2)c1O. The van der Waals surface area contributed by atoms with Gasteiger partial charge in [0.05, 0.1) is 18.1 Å². The number of phenolic OH excluding ortho intramolecular Hbond substituents is 1. The molecule has 1 aliphatic rings. The Bertz CT molecular complexity index is 1220. The number of aromatic nitrogens is 1. The molecule has 31 heavy (non-hydrogen) atoms. The van der Waals surface area contributed by atoms with Crippen LogP contribution in [-0.2, 0) is 4.79 Å². The average molecular weight is 461 g/mol. The summed E-state index contributed by atoms with van der Waals surface area (Å²) in [5.41, 5.74) is 0.403. The summed E-state index contributed by atoms with van der Waals surface area (Å²) in [7, 11) is 1.37. The predicted molar refractivity (Wildman–Crippen MR) is 113 cm³/mol. The Hall–Kier alpha value is -3.11. The number of aliphatic carboxylic acids is 1. The Morgan fingerprint density at radius 2 is 1.87 bits per heavy atom. The average Bonchev–Trinajstić information content (AvgIpc) is 3.12. The fraction of sp³-hybridized carbons (Fsp3) is 0.190. The van der Waals surface area contributed by atoms with Crippen LogP contribution in [0.4, 0.5) is 4.39 Å². The minimum Gasteiger partial charge on any atom is -0.504 e. The zero-order chi connectivity index (χ0) is 22.3. The molecule has 3 N–H and O–H groups in total. The van der Waals surface area contributed by atoms with Crippen LogP contribution in [0.2, 0.25) is 0 Å². The van der Waals surface area contributed by atoms with Crippen molar-refractivity contribution in [1.29, 1.82) is 0 Å². The molecule has 1 aliphatic heterocycles. The Labute approximate surface area is 183 Å². The highest BCUT2D eigenvalue weighted by Gasteiger charge is 2.48. The summed E-state index contributed by atoms with van der Waals surface area (Å²) < 4.78 is 18.6. The van der Waals surface area contributed by atoms with Gasteiger partial charge in [-0.3, -0.25) is 14.4 Å². The molecule has 0 aliphatic carbocycles. The first kappa shape index (κ1) is 21.1. The molecule has 0 fully saturated rings. The predicted octanol–water partition coefficient (Wildman–Crippen LogP) is 3.48. The molecule has 2 aromatic carbocycles. The zero-order valence-corrected chi connectivity index (χ0v) is 17.6. The summed E-state index contributed by atoms with van der Waals surface area (Å²) in [5.74, 6) is -4.47. The van der Waals surface area contributed by atoms with Crippen LogP contribution < -0.4 is 9.61 Å². The lowest BCUT2D eigenvalue weighted by molar-refractivity contribution is -0.137. The number of hydrogen-bond acceptors (Lipinski definition) is 7. The van der Waals surface area contributed by atoms with Crippen molar-refractivity contribution in [3.63, 3.8) is 0 Å². The number of H-pyrrole nitrogens is 1. The number of halogens is 1. The number of ether oxygens (including phenoxy) is 1. The van der Waals surface area contributed by atoms with E-state index in [0.717, 1.165) is 35.2 Å². The third kappa shape index (κ3) is 3.72. The first-order valence-electron chi connectivity index (χ1n) is 9.10. The van der Waals surface area contributed by atoms with Gasteiger partial charge in [0.25, 0.3) is 0 Å². The van der Waals surface area contributed by atoms with Gasteiger partial charge in [-0.15, -0.1) is 0 Å². The number of Topliss-reactive ketones (excluding diaryl/α,β-unsaturated/α-hetero) is 1. The first-order chi connectivity index (χ1) is 14.8. The third-order valence-corrected chi connectivity index (χ3v) is 7.52. The molecule has 0 radical (unpaired) electrons. The van der Waals surface area contributed by atoms with E-state index < -0.39 is 39.5 Å². The van der Waals surface area contributed by atoms with E-state index in [9.17, 15) is 29.0 Å². The van der Waals surface area contributed by atoms with E-state index in [1.165, 1.54) is 25.3 Å². The van der Waals surface area contributed by atoms with Crippen LogP contribution in [0.25, 0.3) is 0 Å². The third-order valence-electron chi connectivity index (χ3n) is 5.11. The van der Waals surface area contributed by atoms with Crippen molar-refractivity contribution >= 4 is 34.9 Å². The smallest absolute Gasteiger partial charge is 0.317 e. The molecule has 0 amide bonds. The maximum absolute atomic E-state index is 13.5. The molecule has 0 saturated carbocycles. The number of benzene rings is 2. The van der Waals surface area contributed by atoms with Gasteiger partial charge in [-0.1, -0.05) is 35.2 Å². The van der Waals surface area contributed by atoms with Crippen molar-refractivity contribution in [2.24, 2.45) is 5.92 Å². The molecule has 4 rings (SSSR count). The van der Waals surface area contributed by atoms with Crippen molar-refractivity contribution < 1.29 is 28.9 Å². The van der Waals surface area contributed by atoms with Gasteiger partial charge in [-0.05, 0) is 30.3 Å². The number of carboxylic acid groups (broad SMARTS) is 1. The number of carbonyl (C=O) groups is 2. The highest BCUT2D eigenvalue weighted by Crippen LogP contribution is 2.52. The number of carbonyl (C=O) groups excluding carboxylic acids is 1. The first-order valence-corrected chi connectivity index (χ1v) is 10.8. The number of aromatic hydroxyl groups is 1. The second-order valence-corrected chi connectivity index (χ2v) is 9.02. The number of nitrogens with one attached hydrogen (secondary N) is 1. The van der Waals surface area contributed by atoms with E-state index in [1.54, 1.807) is 12.1 Å². The minimum absolute atomic E-state index is 0.136. The Morgan fingerprint density at radius 1 is 1.16 bits per heavy atom. The maximum Gasteiger partial charge on any atom is 0.317 e. The summed E-state index contributed by atoms with van der Waals surface area (Å²) in [6, 6.07) is 9.53. The van der Waals surface area contributed by atoms with Crippen LogP contribution in [0.1, 0.15) is 26.7 Å². The molecule has 3 aromatic rings. The molecule has 7 nitrogen and oxygen atoms in total. The number of methoxy groups -OCH3 is 1. The Morgan fingerprint density at radius 3 is 2.52 bits per heavy atom. The summed E-state index contributed by atoms with van der Waals surface area (Å²) in [6.07, 6.45) is 0. The molecule has 160 valence electrons.